The average Bonchev–Trinajstić information content (AvgIpc) is 3.53. The second kappa shape index (κ2) is 9.45. The van der Waals surface area contributed by atoms with E-state index in [-0.39, 0.29) is 5.92 Å². The number of nitrogens with one attached hydrogen (secondary N) is 1. The molecule has 3 aromatic heterocycles. The van der Waals surface area contributed by atoms with Crippen LogP contribution in [0.5, 0.6) is 5.75 Å². The molecule has 0 saturated heterocycles. The minimum atomic E-state index is 0.0931. The van der Waals surface area contributed by atoms with Gasteiger partial charge < -0.3 is 10.5 Å². The summed E-state index contributed by atoms with van der Waals surface area (Å²) in [5, 5.41) is 16.0. The smallest absolute Gasteiger partial charge is 0.203 e. The summed E-state index contributed by atoms with van der Waals surface area (Å²) in [6.45, 7) is 3.33. The molecule has 6 bridgehead atoms. The van der Waals surface area contributed by atoms with Gasteiger partial charge in [0.05, 0.1) is 12.7 Å². The second-order valence-corrected chi connectivity index (χ2v) is 9.61. The molecule has 6 rings (SSSR count). The van der Waals surface area contributed by atoms with Crippen molar-refractivity contribution in [2.45, 2.75) is 51.7 Å². The Morgan fingerprint density at radius 2 is 1.94 bits per heavy atom. The quantitative estimate of drug-likeness (QED) is 0.353. The molecule has 1 unspecified atom stereocenters. The summed E-state index contributed by atoms with van der Waals surface area (Å²) in [4.78, 5) is 4.34. The van der Waals surface area contributed by atoms with E-state index in [2.05, 4.69) is 76.0 Å². The molecule has 1 aliphatic heterocycles. The second-order valence-electron chi connectivity index (χ2n) is 9.61. The molecule has 4 heterocycles. The highest BCUT2D eigenvalue weighted by atomic mass is 16.5. The number of ether oxygens (including phenoxy) is 1. The van der Waals surface area contributed by atoms with E-state index < -0.39 is 0 Å². The van der Waals surface area contributed by atoms with Crippen LogP contribution in [0.2, 0.25) is 0 Å². The van der Waals surface area contributed by atoms with E-state index >= 15 is 0 Å². The van der Waals surface area contributed by atoms with E-state index in [9.17, 15) is 0 Å². The highest BCUT2D eigenvalue weighted by molar-refractivity contribution is 5.77. The molecule has 8 heteroatoms. The first-order valence-corrected chi connectivity index (χ1v) is 12.4. The van der Waals surface area contributed by atoms with Crippen LogP contribution in [0, 0.1) is 6.92 Å². The number of nitrogen functional groups attached to an aromatic ring is 1. The van der Waals surface area contributed by atoms with Crippen LogP contribution < -0.4 is 10.5 Å². The van der Waals surface area contributed by atoms with E-state index in [1.165, 1.54) is 11.1 Å². The number of benzene rings is 2. The van der Waals surface area contributed by atoms with Crippen LogP contribution in [0.3, 0.4) is 0 Å². The Balaban J connectivity index is 1.39. The minimum Gasteiger partial charge on any atom is -0.489 e. The lowest BCUT2D eigenvalue weighted by atomic mass is 9.88. The van der Waals surface area contributed by atoms with E-state index in [1.807, 2.05) is 16.9 Å². The van der Waals surface area contributed by atoms with Gasteiger partial charge in [0.25, 0.3) is 0 Å². The first kappa shape index (κ1) is 22.3. The standard InChI is InChI=1S/C28H29N7O/c1-18-9-10-19-5-2-3-8-23(24-13-26(29)31-28-27(24)32-34-33-28)22-14-30-35(16-22)15-20-6-4-7-21(11-20)17-36-25(18)12-19/h4,6-7,9-14,16,23H,2-3,5,8,15,17H2,1H3,(H3,29,31,32,33,34). The van der Waals surface area contributed by atoms with Gasteiger partial charge in [-0.05, 0) is 71.7 Å². The van der Waals surface area contributed by atoms with Gasteiger partial charge in [-0.2, -0.15) is 15.4 Å². The molecule has 5 aromatic rings. The highest BCUT2D eigenvalue weighted by Gasteiger charge is 2.22. The molecule has 36 heavy (non-hydrogen) atoms. The number of aryl methyl sites for hydroxylation is 2. The monoisotopic (exact) mass is 479 g/mol. The molecule has 182 valence electrons. The number of hydrogen-bond donors (Lipinski definition) is 2. The molecule has 8 nitrogen and oxygen atoms in total. The maximum absolute atomic E-state index is 6.23. The fraction of sp³-hybridized carbons (Fsp3) is 0.286. The van der Waals surface area contributed by atoms with Crippen LogP contribution in [0.1, 0.15) is 58.6 Å². The highest BCUT2D eigenvalue weighted by Crippen LogP contribution is 2.34. The lowest BCUT2D eigenvalue weighted by Crippen LogP contribution is -2.05. The summed E-state index contributed by atoms with van der Waals surface area (Å²) < 4.78 is 8.23. The number of rotatable bonds is 1. The predicted molar refractivity (Wildman–Crippen MR) is 139 cm³/mol. The van der Waals surface area contributed by atoms with Gasteiger partial charge in [0.15, 0.2) is 0 Å². The van der Waals surface area contributed by atoms with Crippen molar-refractivity contribution in [2.24, 2.45) is 0 Å². The number of pyridine rings is 1. The average molecular weight is 480 g/mol. The molecule has 0 amide bonds. The fourth-order valence-corrected chi connectivity index (χ4v) is 5.09. The third-order valence-corrected chi connectivity index (χ3v) is 6.96. The number of aromatic amines is 1. The number of H-pyrrole nitrogens is 1. The summed E-state index contributed by atoms with van der Waals surface area (Å²) >= 11 is 0. The summed E-state index contributed by atoms with van der Waals surface area (Å²) in [6, 6.07) is 17.0. The normalized spacial score (nSPS) is 16.4. The van der Waals surface area contributed by atoms with Crippen LogP contribution in [0.25, 0.3) is 11.2 Å². The molecule has 0 fully saturated rings. The molecule has 2 aromatic carbocycles. The Hall–Kier alpha value is -4.20. The zero-order valence-electron chi connectivity index (χ0n) is 20.3. The molecule has 1 atom stereocenters. The number of hydrogen-bond acceptors (Lipinski definition) is 6. The van der Waals surface area contributed by atoms with Crippen LogP contribution in [-0.2, 0) is 19.6 Å². The summed E-state index contributed by atoms with van der Waals surface area (Å²) in [5.41, 5.74) is 14.4. The molecular weight excluding hydrogens is 450 g/mol. The van der Waals surface area contributed by atoms with Crippen LogP contribution >= 0.6 is 0 Å². The third kappa shape index (κ3) is 4.54. The first-order chi connectivity index (χ1) is 17.6. The van der Waals surface area contributed by atoms with Crippen LogP contribution in [-0.4, -0.2) is 30.2 Å². The van der Waals surface area contributed by atoms with Gasteiger partial charge in [-0.1, -0.05) is 42.8 Å². The fourth-order valence-electron chi connectivity index (χ4n) is 5.09. The number of aromatic nitrogens is 6. The van der Waals surface area contributed by atoms with Gasteiger partial charge >= 0.3 is 0 Å². The Morgan fingerprint density at radius 3 is 2.89 bits per heavy atom. The summed E-state index contributed by atoms with van der Waals surface area (Å²) in [7, 11) is 0. The van der Waals surface area contributed by atoms with Crippen molar-refractivity contribution in [3.8, 4) is 5.75 Å². The number of anilines is 1. The van der Waals surface area contributed by atoms with Crippen molar-refractivity contribution in [3.05, 3.63) is 94.3 Å². The number of nitrogens with two attached hydrogens (primary N) is 1. The van der Waals surface area contributed by atoms with Crippen LogP contribution in [0.15, 0.2) is 60.9 Å². The molecule has 0 saturated carbocycles. The lowest BCUT2D eigenvalue weighted by Gasteiger charge is -2.17. The molecule has 3 N–H and O–H groups in total. The molecule has 1 aliphatic rings. The zero-order valence-corrected chi connectivity index (χ0v) is 20.3. The van der Waals surface area contributed by atoms with Gasteiger partial charge in [-0.3, -0.25) is 4.68 Å². The van der Waals surface area contributed by atoms with Crippen molar-refractivity contribution in [3.63, 3.8) is 0 Å². The van der Waals surface area contributed by atoms with Gasteiger partial charge in [0.2, 0.25) is 5.65 Å². The van der Waals surface area contributed by atoms with Gasteiger partial charge in [0.1, 0.15) is 23.7 Å². The van der Waals surface area contributed by atoms with E-state index in [4.69, 9.17) is 15.6 Å². The Bertz CT molecular complexity index is 1520. The minimum absolute atomic E-state index is 0.0931. The van der Waals surface area contributed by atoms with E-state index in [1.54, 1.807) is 0 Å². The number of fused-ring (bicyclic) bond motifs is 7. The van der Waals surface area contributed by atoms with Crippen molar-refractivity contribution in [2.75, 3.05) is 5.73 Å². The Kier molecular flexibility index (Phi) is 5.85. The van der Waals surface area contributed by atoms with Crippen molar-refractivity contribution < 1.29 is 4.74 Å². The van der Waals surface area contributed by atoms with Gasteiger partial charge in [0, 0.05) is 12.1 Å². The molecule has 0 spiro atoms. The Labute approximate surface area is 209 Å². The Morgan fingerprint density at radius 1 is 1.03 bits per heavy atom. The van der Waals surface area contributed by atoms with Crippen molar-refractivity contribution in [1.82, 2.24) is 30.2 Å². The van der Waals surface area contributed by atoms with Gasteiger partial charge in [-0.15, -0.1) is 5.10 Å². The third-order valence-electron chi connectivity index (χ3n) is 6.96. The molecule has 0 aliphatic carbocycles. The topological polar surface area (TPSA) is 108 Å². The first-order valence-electron chi connectivity index (χ1n) is 12.4. The molecule has 0 radical (unpaired) electrons. The van der Waals surface area contributed by atoms with Gasteiger partial charge in [-0.25, -0.2) is 4.98 Å². The summed E-state index contributed by atoms with van der Waals surface area (Å²) in [5.74, 6) is 1.50. The van der Waals surface area contributed by atoms with E-state index in [0.717, 1.165) is 59.2 Å². The predicted octanol–water partition coefficient (Wildman–Crippen LogP) is 4.93. The maximum Gasteiger partial charge on any atom is 0.203 e. The molecular formula is C28H29N7O. The maximum atomic E-state index is 6.23. The van der Waals surface area contributed by atoms with Crippen molar-refractivity contribution in [1.29, 1.82) is 0 Å². The van der Waals surface area contributed by atoms with E-state index in [0.29, 0.717) is 24.6 Å². The van der Waals surface area contributed by atoms with Crippen LogP contribution in [0.4, 0.5) is 5.82 Å². The largest absolute Gasteiger partial charge is 0.489 e. The SMILES string of the molecule is Cc1ccc2cc1OCc1cccc(c1)Cn1cc(cn1)C(c1cc(N)nc3n[nH]nc13)CCCC2. The lowest BCUT2D eigenvalue weighted by molar-refractivity contribution is 0.303. The number of nitrogens with zero attached hydrogens (tertiary/aromatic N) is 5. The van der Waals surface area contributed by atoms with Crippen molar-refractivity contribution >= 4 is 17.0 Å². The summed E-state index contributed by atoms with van der Waals surface area (Å²) in [6.07, 6.45) is 8.16. The zero-order chi connectivity index (χ0) is 24.5.